The van der Waals surface area contributed by atoms with E-state index < -0.39 is 7.32 Å². The number of unbranched alkanes of at least 4 members (excludes halogenated alkanes) is 19. The quantitative estimate of drug-likeness (QED) is 0.117. The monoisotopic (exact) mass is 435 g/mol. The van der Waals surface area contributed by atoms with E-state index >= 15 is 0 Å². The van der Waals surface area contributed by atoms with Crippen molar-refractivity contribution < 1.29 is 14.3 Å². The molecule has 0 aromatic heterocycles. The van der Waals surface area contributed by atoms with Crippen molar-refractivity contribution in [3.8, 4) is 0 Å². The minimum atomic E-state index is -1.03. The maximum absolute atomic E-state index is 9.71. The summed E-state index contributed by atoms with van der Waals surface area (Å²) in [4.78, 5) is 0. The molecule has 1 N–H and O–H groups in total. The fourth-order valence-corrected chi connectivity index (χ4v) is 3.77. The van der Waals surface area contributed by atoms with Gasteiger partial charge in [-0.3, -0.25) is 0 Å². The number of hydrogen-bond acceptors (Lipinski definition) is 3. The van der Waals surface area contributed by atoms with E-state index in [0.29, 0.717) is 13.2 Å². The summed E-state index contributed by atoms with van der Waals surface area (Å²) in [6, 6.07) is 0. The van der Waals surface area contributed by atoms with Crippen LogP contribution in [0.4, 0.5) is 0 Å². The van der Waals surface area contributed by atoms with Crippen molar-refractivity contribution in [2.24, 2.45) is 0 Å². The van der Waals surface area contributed by atoms with Crippen LogP contribution in [0, 0.1) is 0 Å². The van der Waals surface area contributed by atoms with Crippen molar-refractivity contribution in [3.63, 3.8) is 0 Å². The van der Waals surface area contributed by atoms with Gasteiger partial charge in [0.2, 0.25) is 0 Å². The van der Waals surface area contributed by atoms with Crippen molar-refractivity contribution in [1.29, 1.82) is 0 Å². The van der Waals surface area contributed by atoms with Crippen LogP contribution in [0.25, 0.3) is 0 Å². The summed E-state index contributed by atoms with van der Waals surface area (Å²) >= 11 is 0. The van der Waals surface area contributed by atoms with Crippen LogP contribution in [-0.2, 0) is 9.31 Å². The minimum absolute atomic E-state index is 0. The Labute approximate surface area is 212 Å². The van der Waals surface area contributed by atoms with Crippen LogP contribution in [0.5, 0.6) is 0 Å². The van der Waals surface area contributed by atoms with Gasteiger partial charge in [-0.25, -0.2) is 0 Å². The number of hydrogen-bond donors (Lipinski definition) is 1. The van der Waals surface area contributed by atoms with Gasteiger partial charge in [-0.1, -0.05) is 136 Å². The molecule has 0 aliphatic heterocycles. The SMILES string of the molecule is CCCCCCCCCCCCCCOB(O)OCCCCCCCCCCC.[Na]. The van der Waals surface area contributed by atoms with Crippen LogP contribution in [0.3, 0.4) is 0 Å². The molecule has 0 spiro atoms. The van der Waals surface area contributed by atoms with Gasteiger partial charge >= 0.3 is 7.32 Å². The standard InChI is InChI=1S/C25H53BO3.Na/c1-3-5-7-9-11-13-14-15-17-19-21-23-25-29-26(27)28-24-22-20-18-16-12-10-8-6-4-2;/h27H,3-25H2,1-2H3;. The molecule has 0 aliphatic rings. The second-order valence-corrected chi connectivity index (χ2v) is 8.77. The molecular formula is C25H53BNaO3. The summed E-state index contributed by atoms with van der Waals surface area (Å²) < 4.78 is 10.7. The smallest absolute Gasteiger partial charge is 0.402 e. The molecule has 0 saturated heterocycles. The van der Waals surface area contributed by atoms with Gasteiger partial charge in [0.05, 0.1) is 0 Å². The first-order valence-electron chi connectivity index (χ1n) is 13.2. The summed E-state index contributed by atoms with van der Waals surface area (Å²) in [5.74, 6) is 0. The average Bonchev–Trinajstić information content (AvgIpc) is 2.72. The first-order chi connectivity index (χ1) is 14.3. The van der Waals surface area contributed by atoms with E-state index in [4.69, 9.17) is 9.31 Å². The van der Waals surface area contributed by atoms with Crippen LogP contribution in [0.15, 0.2) is 0 Å². The van der Waals surface area contributed by atoms with E-state index in [-0.39, 0.29) is 29.6 Å². The average molecular weight is 435 g/mol. The van der Waals surface area contributed by atoms with E-state index in [1.165, 1.54) is 122 Å². The van der Waals surface area contributed by atoms with E-state index in [2.05, 4.69) is 13.8 Å². The minimum Gasteiger partial charge on any atom is -0.402 e. The van der Waals surface area contributed by atoms with E-state index in [9.17, 15) is 5.02 Å². The van der Waals surface area contributed by atoms with Gasteiger partial charge in [-0.15, -0.1) is 0 Å². The zero-order valence-corrected chi connectivity index (χ0v) is 23.1. The van der Waals surface area contributed by atoms with Crippen molar-refractivity contribution in [3.05, 3.63) is 0 Å². The first-order valence-corrected chi connectivity index (χ1v) is 13.2. The molecule has 0 aliphatic carbocycles. The van der Waals surface area contributed by atoms with Crippen molar-refractivity contribution in [2.75, 3.05) is 13.2 Å². The molecule has 0 heterocycles. The second-order valence-electron chi connectivity index (χ2n) is 8.77. The van der Waals surface area contributed by atoms with Gasteiger partial charge in [-0.2, -0.15) is 0 Å². The third kappa shape index (κ3) is 28.9. The summed E-state index contributed by atoms with van der Waals surface area (Å²) in [5, 5.41) is 9.71. The fraction of sp³-hybridized carbons (Fsp3) is 1.00. The Bertz CT molecular complexity index is 296. The van der Waals surface area contributed by atoms with Crippen LogP contribution in [0.2, 0.25) is 0 Å². The molecule has 0 aromatic rings. The van der Waals surface area contributed by atoms with Crippen LogP contribution < -0.4 is 0 Å². The van der Waals surface area contributed by atoms with E-state index in [1.54, 1.807) is 0 Å². The molecule has 1 radical (unpaired) electrons. The third-order valence-corrected chi connectivity index (χ3v) is 5.77. The van der Waals surface area contributed by atoms with Gasteiger partial charge < -0.3 is 14.3 Å². The molecule has 0 bridgehead atoms. The van der Waals surface area contributed by atoms with Gasteiger partial charge in [-0.05, 0) is 12.8 Å². The molecule has 0 atom stereocenters. The van der Waals surface area contributed by atoms with Gasteiger partial charge in [0.15, 0.2) is 0 Å². The Balaban J connectivity index is 0. The van der Waals surface area contributed by atoms with E-state index in [0.717, 1.165) is 12.8 Å². The summed E-state index contributed by atoms with van der Waals surface area (Å²) in [5.41, 5.74) is 0. The molecular weight excluding hydrogens is 382 g/mol. The molecule has 0 aromatic carbocycles. The molecule has 175 valence electrons. The van der Waals surface area contributed by atoms with E-state index in [1.807, 2.05) is 0 Å². The van der Waals surface area contributed by atoms with Crippen LogP contribution in [-0.4, -0.2) is 55.1 Å². The molecule has 0 rings (SSSR count). The van der Waals surface area contributed by atoms with Gasteiger partial charge in [0, 0.05) is 42.8 Å². The predicted octanol–water partition coefficient (Wildman–Crippen LogP) is 7.85. The maximum atomic E-state index is 9.71. The molecule has 3 nitrogen and oxygen atoms in total. The normalized spacial score (nSPS) is 10.9. The molecule has 0 unspecified atom stereocenters. The Kier molecular flexibility index (Phi) is 33.1. The summed E-state index contributed by atoms with van der Waals surface area (Å²) in [6.07, 6.45) is 27.7. The van der Waals surface area contributed by atoms with Crippen molar-refractivity contribution in [1.82, 2.24) is 0 Å². The summed E-state index contributed by atoms with van der Waals surface area (Å²) in [6.45, 7) is 5.75. The van der Waals surface area contributed by atoms with Crippen LogP contribution >= 0.6 is 0 Å². The third-order valence-electron chi connectivity index (χ3n) is 5.77. The Morgan fingerprint density at radius 3 is 0.933 bits per heavy atom. The predicted molar refractivity (Wildman–Crippen MR) is 134 cm³/mol. The fourth-order valence-electron chi connectivity index (χ4n) is 3.77. The molecule has 30 heavy (non-hydrogen) atoms. The maximum Gasteiger partial charge on any atom is 0.636 e. The van der Waals surface area contributed by atoms with Crippen molar-refractivity contribution in [2.45, 2.75) is 149 Å². The summed E-state index contributed by atoms with van der Waals surface area (Å²) in [7, 11) is -1.03. The Morgan fingerprint density at radius 1 is 0.433 bits per heavy atom. The number of rotatable bonds is 25. The van der Waals surface area contributed by atoms with Crippen LogP contribution in [0.1, 0.15) is 149 Å². The first kappa shape index (κ1) is 33.1. The topological polar surface area (TPSA) is 38.7 Å². The van der Waals surface area contributed by atoms with Gasteiger partial charge in [0.1, 0.15) is 0 Å². The molecule has 0 fully saturated rings. The molecule has 5 heteroatoms. The Morgan fingerprint density at radius 2 is 0.667 bits per heavy atom. The van der Waals surface area contributed by atoms with Crippen molar-refractivity contribution >= 4 is 36.9 Å². The second kappa shape index (κ2) is 29.9. The zero-order valence-electron chi connectivity index (χ0n) is 21.1. The largest absolute Gasteiger partial charge is 0.636 e. The molecule has 0 saturated carbocycles. The van der Waals surface area contributed by atoms with Gasteiger partial charge in [0.25, 0.3) is 0 Å². The zero-order chi connectivity index (χ0) is 21.3. The molecule has 0 amide bonds. The Hall–Kier alpha value is 0.945.